The number of nitrogens with one attached hydrogen (secondary N) is 1. The quantitative estimate of drug-likeness (QED) is 0.654. The van der Waals surface area contributed by atoms with Gasteiger partial charge in [0.05, 0.1) is 0 Å². The normalized spacial score (nSPS) is 25.0. The molecule has 0 radical (unpaired) electrons. The Balaban J connectivity index is 2.14. The average Bonchev–Trinajstić information content (AvgIpc) is 2.45. The average molecular weight is 288 g/mol. The molecular weight excluding hydrogens is 258 g/mol. The van der Waals surface area contributed by atoms with Crippen molar-refractivity contribution in [3.05, 3.63) is 0 Å². The highest BCUT2D eigenvalue weighted by Crippen LogP contribution is 2.31. The van der Waals surface area contributed by atoms with Crippen molar-refractivity contribution in [1.29, 1.82) is 0 Å². The number of carbonyl (C=O) groups is 1. The summed E-state index contributed by atoms with van der Waals surface area (Å²) in [6.07, 6.45) is 10.5. The third kappa shape index (κ3) is 6.65. The van der Waals surface area contributed by atoms with E-state index in [1.165, 1.54) is 32.1 Å². The summed E-state index contributed by atoms with van der Waals surface area (Å²) in [6, 6.07) is 0. The Bertz CT molecular complexity index is 249. The predicted molar refractivity (Wildman–Crippen MR) is 82.5 cm³/mol. The van der Waals surface area contributed by atoms with Gasteiger partial charge in [-0.3, -0.25) is 4.79 Å². The van der Waals surface area contributed by atoms with Crippen LogP contribution in [0.4, 0.5) is 0 Å². The van der Waals surface area contributed by atoms with E-state index in [9.17, 15) is 4.79 Å². The zero-order valence-corrected chi connectivity index (χ0v) is 13.3. The van der Waals surface area contributed by atoms with Crippen molar-refractivity contribution in [2.24, 2.45) is 11.8 Å². The summed E-state index contributed by atoms with van der Waals surface area (Å²) in [4.78, 5) is 12.0. The molecule has 0 aromatic rings. The number of hydrogen-bond acceptors (Lipinski definition) is 1. The minimum Gasteiger partial charge on any atom is -0.356 e. The lowest BCUT2D eigenvalue weighted by Crippen LogP contribution is -2.34. The van der Waals surface area contributed by atoms with Crippen LogP contribution in [0.5, 0.6) is 0 Å². The Morgan fingerprint density at radius 1 is 1.26 bits per heavy atom. The monoisotopic (exact) mass is 287 g/mol. The number of rotatable bonds is 8. The summed E-state index contributed by atoms with van der Waals surface area (Å²) < 4.78 is 0. The lowest BCUT2D eigenvalue weighted by molar-refractivity contribution is -0.126. The van der Waals surface area contributed by atoms with Gasteiger partial charge in [0.1, 0.15) is 0 Å². The Kier molecular flexibility index (Phi) is 8.52. The molecule has 112 valence electrons. The Hall–Kier alpha value is -0.240. The molecule has 0 spiro atoms. The van der Waals surface area contributed by atoms with Crippen LogP contribution >= 0.6 is 11.6 Å². The molecule has 1 N–H and O–H groups in total. The third-order valence-electron chi connectivity index (χ3n) is 4.38. The van der Waals surface area contributed by atoms with Gasteiger partial charge >= 0.3 is 0 Å². The zero-order valence-electron chi connectivity index (χ0n) is 12.6. The minimum atomic E-state index is 0.199. The van der Waals surface area contributed by atoms with Crippen molar-refractivity contribution in [2.45, 2.75) is 77.0 Å². The van der Waals surface area contributed by atoms with Gasteiger partial charge in [-0.2, -0.15) is 0 Å². The van der Waals surface area contributed by atoms with Crippen molar-refractivity contribution in [1.82, 2.24) is 5.32 Å². The van der Waals surface area contributed by atoms with Gasteiger partial charge in [0, 0.05) is 17.8 Å². The predicted octanol–water partition coefficient (Wildman–Crippen LogP) is 4.51. The molecule has 1 amide bonds. The molecule has 19 heavy (non-hydrogen) atoms. The maximum absolute atomic E-state index is 12.0. The number of amides is 1. The fourth-order valence-corrected chi connectivity index (χ4v) is 3.02. The molecule has 0 heterocycles. The number of carbonyl (C=O) groups excluding carboxylic acids is 1. The van der Waals surface area contributed by atoms with E-state index in [2.05, 4.69) is 19.2 Å². The van der Waals surface area contributed by atoms with Crippen LogP contribution in [0, 0.1) is 11.8 Å². The summed E-state index contributed by atoms with van der Waals surface area (Å²) in [7, 11) is 0. The first-order valence-corrected chi connectivity index (χ1v) is 8.52. The second-order valence-electron chi connectivity index (χ2n) is 5.95. The Labute approximate surface area is 123 Å². The van der Waals surface area contributed by atoms with E-state index in [-0.39, 0.29) is 17.2 Å². The fourth-order valence-electron chi connectivity index (χ4n) is 2.91. The van der Waals surface area contributed by atoms with Crippen LogP contribution in [0.15, 0.2) is 0 Å². The molecular formula is C16H30ClNO. The van der Waals surface area contributed by atoms with Crippen LogP contribution in [0.2, 0.25) is 0 Å². The van der Waals surface area contributed by atoms with E-state index < -0.39 is 0 Å². The molecule has 1 atom stereocenters. The van der Waals surface area contributed by atoms with E-state index in [0.717, 1.165) is 38.1 Å². The molecule has 1 saturated carbocycles. The number of alkyl halides is 1. The van der Waals surface area contributed by atoms with Gasteiger partial charge in [-0.1, -0.05) is 33.1 Å². The van der Waals surface area contributed by atoms with Gasteiger partial charge in [-0.25, -0.2) is 0 Å². The molecule has 0 saturated heterocycles. The van der Waals surface area contributed by atoms with Crippen LogP contribution in [0.25, 0.3) is 0 Å². The van der Waals surface area contributed by atoms with Crippen LogP contribution in [-0.4, -0.2) is 17.8 Å². The highest BCUT2D eigenvalue weighted by Gasteiger charge is 2.25. The second kappa shape index (κ2) is 9.63. The van der Waals surface area contributed by atoms with E-state index >= 15 is 0 Å². The molecule has 1 aliphatic carbocycles. The number of unbranched alkanes of at least 4 members (excludes halogenated alkanes) is 1. The molecule has 0 aromatic heterocycles. The van der Waals surface area contributed by atoms with E-state index in [1.54, 1.807) is 0 Å². The van der Waals surface area contributed by atoms with Gasteiger partial charge in [0.25, 0.3) is 0 Å². The van der Waals surface area contributed by atoms with Crippen molar-refractivity contribution >= 4 is 17.5 Å². The first-order valence-electron chi connectivity index (χ1n) is 8.09. The van der Waals surface area contributed by atoms with Crippen molar-refractivity contribution in [2.75, 3.05) is 6.54 Å². The first kappa shape index (κ1) is 16.8. The van der Waals surface area contributed by atoms with Gasteiger partial charge in [0.15, 0.2) is 0 Å². The Morgan fingerprint density at radius 2 is 1.95 bits per heavy atom. The molecule has 0 aliphatic heterocycles. The molecule has 2 nitrogen and oxygen atoms in total. The topological polar surface area (TPSA) is 29.1 Å². The SMILES string of the molecule is CCCCC1CCC(C(=O)NCCC(Cl)CC)CC1. The fraction of sp³-hybridized carbons (Fsp3) is 0.938. The van der Waals surface area contributed by atoms with Crippen molar-refractivity contribution in [3.63, 3.8) is 0 Å². The molecule has 0 bridgehead atoms. The number of hydrogen-bond donors (Lipinski definition) is 1. The smallest absolute Gasteiger partial charge is 0.223 e. The van der Waals surface area contributed by atoms with Crippen molar-refractivity contribution in [3.8, 4) is 0 Å². The lowest BCUT2D eigenvalue weighted by atomic mass is 9.79. The maximum atomic E-state index is 12.0. The number of halogens is 1. The van der Waals surface area contributed by atoms with Crippen LogP contribution in [-0.2, 0) is 4.79 Å². The van der Waals surface area contributed by atoms with Crippen LogP contribution in [0.3, 0.4) is 0 Å². The largest absolute Gasteiger partial charge is 0.356 e. The third-order valence-corrected chi connectivity index (χ3v) is 4.91. The van der Waals surface area contributed by atoms with E-state index in [1.807, 2.05) is 0 Å². The van der Waals surface area contributed by atoms with Gasteiger partial charge < -0.3 is 5.32 Å². The van der Waals surface area contributed by atoms with Crippen LogP contribution < -0.4 is 5.32 Å². The Morgan fingerprint density at radius 3 is 2.53 bits per heavy atom. The molecule has 1 unspecified atom stereocenters. The molecule has 0 aromatic carbocycles. The summed E-state index contributed by atoms with van der Waals surface area (Å²) in [6.45, 7) is 5.06. The summed E-state index contributed by atoms with van der Waals surface area (Å²) in [5.41, 5.74) is 0. The van der Waals surface area contributed by atoms with Crippen molar-refractivity contribution < 1.29 is 4.79 Å². The summed E-state index contributed by atoms with van der Waals surface area (Å²) in [5, 5.41) is 3.25. The maximum Gasteiger partial charge on any atom is 0.223 e. The highest BCUT2D eigenvalue weighted by molar-refractivity contribution is 6.20. The van der Waals surface area contributed by atoms with E-state index in [0.29, 0.717) is 0 Å². The van der Waals surface area contributed by atoms with Crippen LogP contribution in [0.1, 0.15) is 71.6 Å². The highest BCUT2D eigenvalue weighted by atomic mass is 35.5. The second-order valence-corrected chi connectivity index (χ2v) is 6.56. The molecule has 1 fully saturated rings. The molecule has 1 aliphatic rings. The molecule has 3 heteroatoms. The van der Waals surface area contributed by atoms with Gasteiger partial charge in [-0.05, 0) is 44.4 Å². The molecule has 1 rings (SSSR count). The van der Waals surface area contributed by atoms with Gasteiger partial charge in [-0.15, -0.1) is 11.6 Å². The first-order chi connectivity index (χ1) is 9.17. The minimum absolute atomic E-state index is 0.199. The van der Waals surface area contributed by atoms with Gasteiger partial charge in [0.2, 0.25) is 5.91 Å². The standard InChI is InChI=1S/C16H30ClNO/c1-3-5-6-13-7-9-14(10-8-13)16(19)18-12-11-15(17)4-2/h13-15H,3-12H2,1-2H3,(H,18,19). The lowest BCUT2D eigenvalue weighted by Gasteiger charge is -2.27. The summed E-state index contributed by atoms with van der Waals surface area (Å²) >= 11 is 6.05. The van der Waals surface area contributed by atoms with E-state index in [4.69, 9.17) is 11.6 Å². The zero-order chi connectivity index (χ0) is 14.1. The summed E-state index contributed by atoms with van der Waals surface area (Å²) in [5.74, 6) is 1.39.